The molecule has 0 spiro atoms. The Morgan fingerprint density at radius 2 is 2.13 bits per heavy atom. The number of carbonyl (C=O) groups is 1. The molecule has 80 valence electrons. The third kappa shape index (κ3) is 1.24. The second-order valence-electron chi connectivity index (χ2n) is 4.66. The first-order valence-corrected chi connectivity index (χ1v) is 4.74. The molecule has 1 aromatic rings. The van der Waals surface area contributed by atoms with Gasteiger partial charge in [0.1, 0.15) is 5.82 Å². The van der Waals surface area contributed by atoms with Crippen molar-refractivity contribution in [3.05, 3.63) is 29.8 Å². The molecule has 15 heavy (non-hydrogen) atoms. The van der Waals surface area contributed by atoms with Crippen LogP contribution in [0.2, 0.25) is 0 Å². The monoisotopic (exact) mass is 209 g/mol. The number of pyridine rings is 1. The van der Waals surface area contributed by atoms with E-state index < -0.39 is 17.2 Å². The molecule has 1 aromatic heterocycles. The third-order valence-electron chi connectivity index (χ3n) is 3.30. The summed E-state index contributed by atoms with van der Waals surface area (Å²) in [5.41, 5.74) is -0.823. The molecule has 1 aliphatic carbocycles. The van der Waals surface area contributed by atoms with E-state index in [9.17, 15) is 14.3 Å². The number of hydrogen-bond acceptors (Lipinski definition) is 2. The third-order valence-corrected chi connectivity index (χ3v) is 3.30. The maximum Gasteiger partial charge on any atom is 0.314 e. The van der Waals surface area contributed by atoms with E-state index in [4.69, 9.17) is 0 Å². The van der Waals surface area contributed by atoms with Crippen LogP contribution in [0.4, 0.5) is 4.39 Å². The van der Waals surface area contributed by atoms with Gasteiger partial charge in [-0.3, -0.25) is 9.78 Å². The summed E-state index contributed by atoms with van der Waals surface area (Å²) in [5, 5.41) is 9.23. The fourth-order valence-electron chi connectivity index (χ4n) is 2.25. The first-order valence-electron chi connectivity index (χ1n) is 4.74. The normalized spacial score (nSPS) is 27.4. The number of rotatable bonds is 2. The highest BCUT2D eigenvalue weighted by molar-refractivity contribution is 5.86. The molecule has 3 nitrogen and oxygen atoms in total. The summed E-state index contributed by atoms with van der Waals surface area (Å²) in [6.45, 7) is 3.73. The molecular weight excluding hydrogens is 197 g/mol. The summed E-state index contributed by atoms with van der Waals surface area (Å²) >= 11 is 0. The first-order chi connectivity index (χ1) is 6.90. The van der Waals surface area contributed by atoms with Crippen molar-refractivity contribution in [2.24, 2.45) is 5.41 Å². The van der Waals surface area contributed by atoms with Gasteiger partial charge in [0.15, 0.2) is 0 Å². The van der Waals surface area contributed by atoms with Crippen LogP contribution in [-0.2, 0) is 10.2 Å². The average molecular weight is 209 g/mol. The zero-order valence-electron chi connectivity index (χ0n) is 8.62. The minimum Gasteiger partial charge on any atom is -0.481 e. The zero-order valence-corrected chi connectivity index (χ0v) is 8.62. The van der Waals surface area contributed by atoms with Crippen molar-refractivity contribution in [3.63, 3.8) is 0 Å². The average Bonchev–Trinajstić information content (AvgIpc) is 2.71. The van der Waals surface area contributed by atoms with E-state index in [1.807, 2.05) is 13.8 Å². The van der Waals surface area contributed by atoms with E-state index in [-0.39, 0.29) is 5.41 Å². The Balaban J connectivity index is 2.50. The van der Waals surface area contributed by atoms with Gasteiger partial charge in [-0.25, -0.2) is 4.39 Å². The quantitative estimate of drug-likeness (QED) is 0.810. The summed E-state index contributed by atoms with van der Waals surface area (Å²) < 4.78 is 13.0. The second-order valence-corrected chi connectivity index (χ2v) is 4.66. The van der Waals surface area contributed by atoms with Crippen molar-refractivity contribution >= 4 is 5.97 Å². The predicted molar refractivity (Wildman–Crippen MR) is 51.9 cm³/mol. The van der Waals surface area contributed by atoms with Crippen molar-refractivity contribution in [1.29, 1.82) is 0 Å². The second kappa shape index (κ2) is 2.78. The number of aromatic nitrogens is 1. The smallest absolute Gasteiger partial charge is 0.314 e. The van der Waals surface area contributed by atoms with Crippen LogP contribution in [0.5, 0.6) is 0 Å². The minimum absolute atomic E-state index is 0.325. The summed E-state index contributed by atoms with van der Waals surface area (Å²) in [6.07, 6.45) is 3.04. The highest BCUT2D eigenvalue weighted by Crippen LogP contribution is 2.64. The van der Waals surface area contributed by atoms with Gasteiger partial charge in [-0.1, -0.05) is 13.8 Å². The molecule has 2 rings (SSSR count). The van der Waals surface area contributed by atoms with E-state index in [1.165, 1.54) is 12.3 Å². The summed E-state index contributed by atoms with van der Waals surface area (Å²) in [5.74, 6) is -1.39. The van der Waals surface area contributed by atoms with Crippen molar-refractivity contribution < 1.29 is 14.3 Å². The SMILES string of the molecule is CC1(C)CC1(C(=O)O)c1cncc(F)c1. The molecule has 1 saturated carbocycles. The highest BCUT2D eigenvalue weighted by atomic mass is 19.1. The van der Waals surface area contributed by atoms with E-state index >= 15 is 0 Å². The van der Waals surface area contributed by atoms with Crippen LogP contribution in [0.3, 0.4) is 0 Å². The van der Waals surface area contributed by atoms with Crippen LogP contribution < -0.4 is 0 Å². The molecule has 1 fully saturated rings. The maximum atomic E-state index is 13.0. The molecular formula is C11H12FNO2. The first kappa shape index (κ1) is 10.1. The molecule has 4 heteroatoms. The molecule has 0 radical (unpaired) electrons. The molecule has 0 saturated heterocycles. The van der Waals surface area contributed by atoms with Crippen molar-refractivity contribution in [1.82, 2.24) is 4.98 Å². The van der Waals surface area contributed by atoms with Gasteiger partial charge in [-0.05, 0) is 23.5 Å². The molecule has 1 unspecified atom stereocenters. The Hall–Kier alpha value is -1.45. The van der Waals surface area contributed by atoms with Crippen LogP contribution in [0.1, 0.15) is 25.8 Å². The van der Waals surface area contributed by atoms with E-state index in [0.29, 0.717) is 12.0 Å². The molecule has 1 heterocycles. The standard InChI is InChI=1S/C11H12FNO2/c1-10(2)6-11(10,9(14)15)7-3-8(12)5-13-4-7/h3-5H,6H2,1-2H3,(H,14,15). The summed E-state index contributed by atoms with van der Waals surface area (Å²) in [7, 11) is 0. The van der Waals surface area contributed by atoms with Gasteiger partial charge in [-0.15, -0.1) is 0 Å². The van der Waals surface area contributed by atoms with Crippen LogP contribution in [-0.4, -0.2) is 16.1 Å². The van der Waals surface area contributed by atoms with E-state index in [0.717, 1.165) is 6.20 Å². The lowest BCUT2D eigenvalue weighted by Gasteiger charge is -2.15. The number of hydrogen-bond donors (Lipinski definition) is 1. The Morgan fingerprint density at radius 1 is 1.53 bits per heavy atom. The van der Waals surface area contributed by atoms with Crippen LogP contribution in [0.15, 0.2) is 18.5 Å². The molecule has 1 aliphatic rings. The molecule has 0 aliphatic heterocycles. The number of nitrogens with zero attached hydrogens (tertiary/aromatic N) is 1. The Kier molecular flexibility index (Phi) is 1.87. The lowest BCUT2D eigenvalue weighted by molar-refractivity contribution is -0.141. The van der Waals surface area contributed by atoms with Crippen molar-refractivity contribution in [2.45, 2.75) is 25.7 Å². The summed E-state index contributed by atoms with van der Waals surface area (Å²) in [4.78, 5) is 15.0. The topological polar surface area (TPSA) is 50.2 Å². The maximum absolute atomic E-state index is 13.0. The van der Waals surface area contributed by atoms with E-state index in [1.54, 1.807) is 0 Å². The predicted octanol–water partition coefficient (Wildman–Crippen LogP) is 1.97. The molecule has 1 atom stereocenters. The number of carboxylic acid groups (broad SMARTS) is 1. The number of aliphatic carboxylic acids is 1. The Bertz CT molecular complexity index is 430. The molecule has 1 N–H and O–H groups in total. The van der Waals surface area contributed by atoms with Gasteiger partial charge in [0.25, 0.3) is 0 Å². The van der Waals surface area contributed by atoms with Crippen LogP contribution >= 0.6 is 0 Å². The fourth-order valence-corrected chi connectivity index (χ4v) is 2.25. The van der Waals surface area contributed by atoms with Crippen LogP contribution in [0.25, 0.3) is 0 Å². The lowest BCUT2D eigenvalue weighted by Crippen LogP contribution is -2.25. The van der Waals surface area contributed by atoms with Crippen molar-refractivity contribution in [2.75, 3.05) is 0 Å². The number of halogens is 1. The van der Waals surface area contributed by atoms with Crippen molar-refractivity contribution in [3.8, 4) is 0 Å². The van der Waals surface area contributed by atoms with E-state index in [2.05, 4.69) is 4.98 Å². The Morgan fingerprint density at radius 3 is 2.53 bits per heavy atom. The van der Waals surface area contributed by atoms with Gasteiger partial charge >= 0.3 is 5.97 Å². The fraction of sp³-hybridized carbons (Fsp3) is 0.455. The minimum atomic E-state index is -0.956. The van der Waals surface area contributed by atoms with Crippen LogP contribution in [0, 0.1) is 11.2 Å². The van der Waals surface area contributed by atoms with Gasteiger partial charge in [0.05, 0.1) is 11.6 Å². The molecule has 0 aromatic carbocycles. The largest absolute Gasteiger partial charge is 0.481 e. The van der Waals surface area contributed by atoms with Gasteiger partial charge in [0, 0.05) is 6.20 Å². The van der Waals surface area contributed by atoms with Gasteiger partial charge < -0.3 is 5.11 Å². The van der Waals surface area contributed by atoms with Gasteiger partial charge in [-0.2, -0.15) is 0 Å². The molecule has 0 amide bonds. The zero-order chi connectivity index (χ0) is 11.3. The lowest BCUT2D eigenvalue weighted by atomic mass is 9.89. The molecule has 0 bridgehead atoms. The highest BCUT2D eigenvalue weighted by Gasteiger charge is 2.68. The van der Waals surface area contributed by atoms with Gasteiger partial charge in [0.2, 0.25) is 0 Å². The Labute approximate surface area is 87.0 Å². The summed E-state index contributed by atoms with van der Waals surface area (Å²) in [6, 6.07) is 1.26. The number of carboxylic acids is 1.